The predicted octanol–water partition coefficient (Wildman–Crippen LogP) is 4.37. The average molecular weight is 434 g/mol. The molecule has 0 fully saturated rings. The third-order valence-corrected chi connectivity index (χ3v) is 4.12. The van der Waals surface area contributed by atoms with Gasteiger partial charge < -0.3 is 16.0 Å². The zero-order valence-corrected chi connectivity index (χ0v) is 16.3. The largest absolute Gasteiger partial charge is 0.370 e. The molecule has 0 saturated heterocycles. The molecule has 0 spiro atoms. The van der Waals surface area contributed by atoms with E-state index in [2.05, 4.69) is 59.5 Å². The third-order valence-electron chi connectivity index (χ3n) is 4.12. The van der Waals surface area contributed by atoms with Crippen molar-refractivity contribution in [3.8, 4) is 0 Å². The second-order valence-corrected chi connectivity index (χ2v) is 5.80. The van der Waals surface area contributed by atoms with Crippen LogP contribution < -0.4 is 11.1 Å². The Labute approximate surface area is 159 Å². The van der Waals surface area contributed by atoms with Gasteiger partial charge in [-0.25, -0.2) is 0 Å². The second kappa shape index (κ2) is 8.19. The standard InChI is InChI=1S/C19H22N4.HI/c1-13-7-8-16(11-14(13)2)23-19(20)21-10-9-15-12-22-18-6-4-3-5-17(15)18;/h3-8,11-12,22H,9-10H2,1-2H3,(H3,20,21,23);1H. The zero-order valence-electron chi connectivity index (χ0n) is 14.0. The lowest BCUT2D eigenvalue weighted by Crippen LogP contribution is -2.23. The summed E-state index contributed by atoms with van der Waals surface area (Å²) in [5.41, 5.74) is 11.9. The molecule has 0 unspecified atom stereocenters. The minimum atomic E-state index is 0. The molecule has 126 valence electrons. The molecule has 1 heterocycles. The summed E-state index contributed by atoms with van der Waals surface area (Å²) in [6.07, 6.45) is 2.91. The Morgan fingerprint density at radius 2 is 1.92 bits per heavy atom. The highest BCUT2D eigenvalue weighted by atomic mass is 127. The number of nitrogens with one attached hydrogen (secondary N) is 2. The molecule has 0 aliphatic heterocycles. The van der Waals surface area contributed by atoms with Gasteiger partial charge in [-0.2, -0.15) is 0 Å². The minimum absolute atomic E-state index is 0. The van der Waals surface area contributed by atoms with Gasteiger partial charge in [0.25, 0.3) is 0 Å². The van der Waals surface area contributed by atoms with E-state index in [0.29, 0.717) is 12.5 Å². The zero-order chi connectivity index (χ0) is 16.2. The molecule has 24 heavy (non-hydrogen) atoms. The molecule has 2 aromatic carbocycles. The first-order chi connectivity index (χ1) is 11.1. The van der Waals surface area contributed by atoms with Gasteiger partial charge in [-0.3, -0.25) is 4.99 Å². The SMILES string of the molecule is Cc1ccc(NC(N)=NCCc2c[nH]c3ccccc23)cc1C.I. The van der Waals surface area contributed by atoms with E-state index in [9.17, 15) is 0 Å². The first-order valence-electron chi connectivity index (χ1n) is 7.82. The second-order valence-electron chi connectivity index (χ2n) is 5.80. The topological polar surface area (TPSA) is 66.2 Å². The molecular weight excluding hydrogens is 411 g/mol. The molecule has 0 radical (unpaired) electrons. The number of aliphatic imine (C=N–C) groups is 1. The molecule has 5 heteroatoms. The Hall–Kier alpha value is -2.02. The summed E-state index contributed by atoms with van der Waals surface area (Å²) in [5.74, 6) is 0.452. The number of halogens is 1. The molecule has 0 saturated carbocycles. The molecule has 4 nitrogen and oxygen atoms in total. The molecule has 3 rings (SSSR count). The number of fused-ring (bicyclic) bond motifs is 1. The van der Waals surface area contributed by atoms with E-state index in [0.717, 1.165) is 17.6 Å². The summed E-state index contributed by atoms with van der Waals surface area (Å²) in [5, 5.41) is 4.40. The lowest BCUT2D eigenvalue weighted by Gasteiger charge is -2.08. The van der Waals surface area contributed by atoms with Gasteiger partial charge in [-0.05, 0) is 55.2 Å². The lowest BCUT2D eigenvalue weighted by molar-refractivity contribution is 0.972. The van der Waals surface area contributed by atoms with Gasteiger partial charge >= 0.3 is 0 Å². The van der Waals surface area contributed by atoms with Crippen molar-refractivity contribution in [1.29, 1.82) is 0 Å². The Kier molecular flexibility index (Phi) is 6.25. The first kappa shape index (κ1) is 18.3. The normalized spacial score (nSPS) is 11.3. The molecule has 3 aromatic rings. The van der Waals surface area contributed by atoms with Gasteiger partial charge in [-0.1, -0.05) is 24.3 Å². The van der Waals surface area contributed by atoms with Gasteiger partial charge in [-0.15, -0.1) is 24.0 Å². The van der Waals surface area contributed by atoms with E-state index in [-0.39, 0.29) is 24.0 Å². The number of aryl methyl sites for hydroxylation is 2. The van der Waals surface area contributed by atoms with Crippen LogP contribution in [-0.4, -0.2) is 17.5 Å². The van der Waals surface area contributed by atoms with Crippen LogP contribution in [0.15, 0.2) is 53.7 Å². The number of guanidine groups is 1. The van der Waals surface area contributed by atoms with E-state index in [1.807, 2.05) is 18.3 Å². The monoisotopic (exact) mass is 434 g/mol. The molecule has 1 aromatic heterocycles. The number of nitrogens with two attached hydrogens (primary N) is 1. The maximum atomic E-state index is 5.98. The first-order valence-corrected chi connectivity index (χ1v) is 7.82. The summed E-state index contributed by atoms with van der Waals surface area (Å²) in [4.78, 5) is 7.70. The number of benzene rings is 2. The molecular formula is C19H23IN4. The Morgan fingerprint density at radius 3 is 2.71 bits per heavy atom. The number of hydrogen-bond donors (Lipinski definition) is 3. The van der Waals surface area contributed by atoms with Crippen molar-refractivity contribution in [2.45, 2.75) is 20.3 Å². The molecule has 0 bridgehead atoms. The molecule has 0 aliphatic carbocycles. The summed E-state index contributed by atoms with van der Waals surface area (Å²) >= 11 is 0. The summed E-state index contributed by atoms with van der Waals surface area (Å²) in [6, 6.07) is 14.5. The Morgan fingerprint density at radius 1 is 1.12 bits per heavy atom. The van der Waals surface area contributed by atoms with Gasteiger partial charge in [0.05, 0.1) is 0 Å². The number of aromatic amines is 1. The van der Waals surface area contributed by atoms with Crippen LogP contribution >= 0.6 is 24.0 Å². The molecule has 0 aliphatic rings. The van der Waals surface area contributed by atoms with Crippen LogP contribution in [0.3, 0.4) is 0 Å². The highest BCUT2D eigenvalue weighted by Gasteiger charge is 2.02. The van der Waals surface area contributed by atoms with Crippen LogP contribution in [0.1, 0.15) is 16.7 Å². The highest BCUT2D eigenvalue weighted by Crippen LogP contribution is 2.18. The maximum Gasteiger partial charge on any atom is 0.193 e. The van der Waals surface area contributed by atoms with Crippen LogP contribution in [0, 0.1) is 13.8 Å². The van der Waals surface area contributed by atoms with Crippen LogP contribution in [-0.2, 0) is 6.42 Å². The van der Waals surface area contributed by atoms with Crippen molar-refractivity contribution in [3.63, 3.8) is 0 Å². The van der Waals surface area contributed by atoms with E-state index >= 15 is 0 Å². The average Bonchev–Trinajstić information content (AvgIpc) is 2.94. The number of aromatic nitrogens is 1. The van der Waals surface area contributed by atoms with Crippen molar-refractivity contribution < 1.29 is 0 Å². The Balaban J connectivity index is 0.00000208. The summed E-state index contributed by atoms with van der Waals surface area (Å²) in [6.45, 7) is 4.84. The van der Waals surface area contributed by atoms with E-state index in [1.165, 1.54) is 22.1 Å². The van der Waals surface area contributed by atoms with Gasteiger partial charge in [0.1, 0.15) is 0 Å². The Bertz CT molecular complexity index is 851. The third kappa shape index (κ3) is 4.29. The van der Waals surface area contributed by atoms with Crippen molar-refractivity contribution in [1.82, 2.24) is 4.98 Å². The van der Waals surface area contributed by atoms with Crippen molar-refractivity contribution in [2.24, 2.45) is 10.7 Å². The number of hydrogen-bond acceptors (Lipinski definition) is 1. The van der Waals surface area contributed by atoms with Gasteiger partial charge in [0.2, 0.25) is 0 Å². The summed E-state index contributed by atoms with van der Waals surface area (Å²) < 4.78 is 0. The predicted molar refractivity (Wildman–Crippen MR) is 113 cm³/mol. The van der Waals surface area contributed by atoms with Crippen LogP contribution in [0.4, 0.5) is 5.69 Å². The number of para-hydroxylation sites is 1. The number of rotatable bonds is 4. The lowest BCUT2D eigenvalue weighted by atomic mass is 10.1. The van der Waals surface area contributed by atoms with E-state index in [4.69, 9.17) is 5.73 Å². The van der Waals surface area contributed by atoms with E-state index in [1.54, 1.807) is 0 Å². The highest BCUT2D eigenvalue weighted by molar-refractivity contribution is 14.0. The smallest absolute Gasteiger partial charge is 0.193 e. The van der Waals surface area contributed by atoms with Crippen molar-refractivity contribution >= 4 is 46.5 Å². The molecule has 4 N–H and O–H groups in total. The van der Waals surface area contributed by atoms with Crippen LogP contribution in [0.25, 0.3) is 10.9 Å². The summed E-state index contributed by atoms with van der Waals surface area (Å²) in [7, 11) is 0. The fraction of sp³-hybridized carbons (Fsp3) is 0.211. The number of nitrogens with zero attached hydrogens (tertiary/aromatic N) is 1. The quantitative estimate of drug-likeness (QED) is 0.324. The van der Waals surface area contributed by atoms with E-state index < -0.39 is 0 Å². The number of anilines is 1. The number of H-pyrrole nitrogens is 1. The van der Waals surface area contributed by atoms with Crippen molar-refractivity contribution in [3.05, 3.63) is 65.4 Å². The van der Waals surface area contributed by atoms with Crippen LogP contribution in [0.2, 0.25) is 0 Å². The van der Waals surface area contributed by atoms with Gasteiger partial charge in [0.15, 0.2) is 5.96 Å². The minimum Gasteiger partial charge on any atom is -0.370 e. The fourth-order valence-corrected chi connectivity index (χ4v) is 2.64. The molecule has 0 amide bonds. The fourth-order valence-electron chi connectivity index (χ4n) is 2.64. The maximum absolute atomic E-state index is 5.98. The van der Waals surface area contributed by atoms with Gasteiger partial charge in [0, 0.05) is 29.3 Å². The molecule has 0 atom stereocenters. The van der Waals surface area contributed by atoms with Crippen LogP contribution in [0.5, 0.6) is 0 Å². The van der Waals surface area contributed by atoms with Crippen molar-refractivity contribution in [2.75, 3.05) is 11.9 Å².